The molecular weight excluding hydrogens is 319 g/mol. The second-order valence-corrected chi connectivity index (χ2v) is 5.39. The number of fused-ring (bicyclic) bond motifs is 1. The Balaban J connectivity index is 1.98. The first-order valence-electron chi connectivity index (χ1n) is 5.45. The van der Waals surface area contributed by atoms with Crippen LogP contribution in [0.1, 0.15) is 0 Å². The molecule has 0 radical (unpaired) electrons. The molecule has 0 bridgehead atoms. The van der Waals surface area contributed by atoms with Crippen molar-refractivity contribution in [3.8, 4) is 5.75 Å². The lowest BCUT2D eigenvalue weighted by Crippen LogP contribution is -1.72. The molecule has 0 spiro atoms. The quantitative estimate of drug-likeness (QED) is 0.665. The topological polar surface area (TPSA) is 70.7 Å². The number of aromatic nitrogens is 2. The fraction of sp³-hybridized carbons (Fsp3) is 0. The predicted molar refractivity (Wildman–Crippen MR) is 79.7 cm³/mol. The standard InChI is InChI=1S/C12H6Cl2N4OS/c13-8-4-6(5-9(14)10(8)19)16-17-12-7-2-1-3-15-11(7)18-20-12/h1-5,19H/b17-16+. The number of azo groups is 1. The zero-order chi connectivity index (χ0) is 14.1. The molecule has 3 rings (SSSR count). The molecule has 0 atom stereocenters. The monoisotopic (exact) mass is 324 g/mol. The summed E-state index contributed by atoms with van der Waals surface area (Å²) in [7, 11) is 0. The number of halogens is 2. The lowest BCUT2D eigenvalue weighted by Gasteiger charge is -2.00. The van der Waals surface area contributed by atoms with Gasteiger partial charge in [0.25, 0.3) is 0 Å². The molecule has 3 aromatic rings. The van der Waals surface area contributed by atoms with Gasteiger partial charge < -0.3 is 5.11 Å². The summed E-state index contributed by atoms with van der Waals surface area (Å²) in [5.41, 5.74) is 1.08. The summed E-state index contributed by atoms with van der Waals surface area (Å²) < 4.78 is 4.16. The molecule has 0 aliphatic heterocycles. The SMILES string of the molecule is Oc1c(Cl)cc(/N=N/c2snc3ncccc23)cc1Cl. The molecule has 0 fully saturated rings. The lowest BCUT2D eigenvalue weighted by atomic mass is 10.3. The van der Waals surface area contributed by atoms with Gasteiger partial charge in [0.05, 0.1) is 21.1 Å². The molecule has 0 saturated heterocycles. The maximum absolute atomic E-state index is 9.47. The van der Waals surface area contributed by atoms with Crippen molar-refractivity contribution in [1.29, 1.82) is 0 Å². The van der Waals surface area contributed by atoms with Crippen LogP contribution in [0.25, 0.3) is 11.0 Å². The maximum Gasteiger partial charge on any atom is 0.175 e. The van der Waals surface area contributed by atoms with Gasteiger partial charge in [0, 0.05) is 6.20 Å². The van der Waals surface area contributed by atoms with E-state index in [1.807, 2.05) is 12.1 Å². The van der Waals surface area contributed by atoms with E-state index in [0.717, 1.165) is 5.39 Å². The van der Waals surface area contributed by atoms with E-state index >= 15 is 0 Å². The van der Waals surface area contributed by atoms with Crippen LogP contribution in [-0.4, -0.2) is 14.5 Å². The van der Waals surface area contributed by atoms with Gasteiger partial charge in [-0.15, -0.1) is 10.2 Å². The molecule has 2 heterocycles. The Hall–Kier alpha value is -1.76. The van der Waals surface area contributed by atoms with Gasteiger partial charge in [-0.05, 0) is 35.8 Å². The molecule has 0 aliphatic carbocycles. The van der Waals surface area contributed by atoms with Gasteiger partial charge >= 0.3 is 0 Å². The summed E-state index contributed by atoms with van der Waals surface area (Å²) in [4.78, 5) is 4.12. The van der Waals surface area contributed by atoms with Gasteiger partial charge in [-0.25, -0.2) is 4.98 Å². The summed E-state index contributed by atoms with van der Waals surface area (Å²) >= 11 is 12.8. The fourth-order valence-corrected chi connectivity index (χ4v) is 2.69. The average Bonchev–Trinajstić information content (AvgIpc) is 2.85. The van der Waals surface area contributed by atoms with Gasteiger partial charge in [0.2, 0.25) is 0 Å². The van der Waals surface area contributed by atoms with Crippen LogP contribution in [0.4, 0.5) is 10.7 Å². The summed E-state index contributed by atoms with van der Waals surface area (Å²) in [6, 6.07) is 6.64. The molecule has 5 nitrogen and oxygen atoms in total. The van der Waals surface area contributed by atoms with Crippen molar-refractivity contribution in [3.05, 3.63) is 40.5 Å². The van der Waals surface area contributed by atoms with Gasteiger partial charge in [0.15, 0.2) is 16.4 Å². The molecule has 8 heteroatoms. The maximum atomic E-state index is 9.47. The molecule has 20 heavy (non-hydrogen) atoms. The second kappa shape index (κ2) is 5.32. The Kier molecular flexibility index (Phi) is 3.52. The van der Waals surface area contributed by atoms with Crippen LogP contribution < -0.4 is 0 Å². The number of aromatic hydroxyl groups is 1. The summed E-state index contributed by atoms with van der Waals surface area (Å²) in [6.07, 6.45) is 1.67. The lowest BCUT2D eigenvalue weighted by molar-refractivity contribution is 0.476. The first-order valence-corrected chi connectivity index (χ1v) is 6.98. The van der Waals surface area contributed by atoms with E-state index in [1.54, 1.807) is 6.20 Å². The zero-order valence-electron chi connectivity index (χ0n) is 9.79. The zero-order valence-corrected chi connectivity index (χ0v) is 12.1. The van der Waals surface area contributed by atoms with Crippen LogP contribution in [0.5, 0.6) is 5.75 Å². The second-order valence-electron chi connectivity index (χ2n) is 3.82. The van der Waals surface area contributed by atoms with Crippen LogP contribution in [-0.2, 0) is 0 Å². The van der Waals surface area contributed by atoms with E-state index in [0.29, 0.717) is 16.3 Å². The van der Waals surface area contributed by atoms with E-state index in [4.69, 9.17) is 23.2 Å². The van der Waals surface area contributed by atoms with Crippen LogP contribution >= 0.6 is 34.7 Å². The minimum atomic E-state index is -0.167. The van der Waals surface area contributed by atoms with Crippen molar-refractivity contribution in [2.24, 2.45) is 10.2 Å². The van der Waals surface area contributed by atoms with Gasteiger partial charge in [-0.2, -0.15) is 4.37 Å². The average molecular weight is 325 g/mol. The molecule has 0 saturated carbocycles. The van der Waals surface area contributed by atoms with Crippen LogP contribution in [0, 0.1) is 0 Å². The Bertz CT molecular complexity index is 795. The summed E-state index contributed by atoms with van der Waals surface area (Å²) in [6.45, 7) is 0. The molecule has 1 N–H and O–H groups in total. The van der Waals surface area contributed by atoms with Gasteiger partial charge in [0.1, 0.15) is 0 Å². The van der Waals surface area contributed by atoms with Gasteiger partial charge in [-0.3, -0.25) is 0 Å². The predicted octanol–water partition coefficient (Wildman–Crippen LogP) is 5.12. The number of benzene rings is 1. The Labute approximate surface area is 127 Å². The van der Waals surface area contributed by atoms with Crippen molar-refractivity contribution < 1.29 is 5.11 Å². The van der Waals surface area contributed by atoms with E-state index < -0.39 is 0 Å². The van der Waals surface area contributed by atoms with Crippen molar-refractivity contribution in [2.45, 2.75) is 0 Å². The molecule has 2 aromatic heterocycles. The molecule has 0 aliphatic rings. The number of nitrogens with zero attached hydrogens (tertiary/aromatic N) is 4. The highest BCUT2D eigenvalue weighted by Gasteiger charge is 2.08. The summed E-state index contributed by atoms with van der Waals surface area (Å²) in [5, 5.41) is 19.4. The fourth-order valence-electron chi connectivity index (χ4n) is 1.56. The Morgan fingerprint density at radius 2 is 1.90 bits per heavy atom. The highest BCUT2D eigenvalue weighted by molar-refractivity contribution is 7.11. The Morgan fingerprint density at radius 1 is 1.15 bits per heavy atom. The van der Waals surface area contributed by atoms with E-state index in [1.165, 1.54) is 23.7 Å². The van der Waals surface area contributed by atoms with E-state index in [2.05, 4.69) is 19.6 Å². The van der Waals surface area contributed by atoms with Crippen molar-refractivity contribution in [1.82, 2.24) is 9.36 Å². The highest BCUT2D eigenvalue weighted by atomic mass is 35.5. The smallest absolute Gasteiger partial charge is 0.175 e. The summed E-state index contributed by atoms with van der Waals surface area (Å²) in [5.74, 6) is -0.167. The minimum Gasteiger partial charge on any atom is -0.505 e. The van der Waals surface area contributed by atoms with Crippen LogP contribution in [0.2, 0.25) is 10.0 Å². The number of pyridine rings is 1. The van der Waals surface area contributed by atoms with Crippen molar-refractivity contribution in [3.63, 3.8) is 0 Å². The first kappa shape index (κ1) is 13.2. The molecule has 0 amide bonds. The number of phenols is 1. The van der Waals surface area contributed by atoms with Crippen LogP contribution in [0.15, 0.2) is 40.7 Å². The molecule has 0 unspecified atom stereocenters. The van der Waals surface area contributed by atoms with Crippen molar-refractivity contribution >= 4 is 56.5 Å². The van der Waals surface area contributed by atoms with Gasteiger partial charge in [-0.1, -0.05) is 23.2 Å². The molecule has 1 aromatic carbocycles. The van der Waals surface area contributed by atoms with Crippen molar-refractivity contribution in [2.75, 3.05) is 0 Å². The van der Waals surface area contributed by atoms with Crippen LogP contribution in [0.3, 0.4) is 0 Å². The Morgan fingerprint density at radius 3 is 2.65 bits per heavy atom. The number of hydrogen-bond acceptors (Lipinski definition) is 6. The van der Waals surface area contributed by atoms with E-state index in [9.17, 15) is 5.11 Å². The van der Waals surface area contributed by atoms with E-state index in [-0.39, 0.29) is 15.8 Å². The number of hydrogen-bond donors (Lipinski definition) is 1. The molecular formula is C12H6Cl2N4OS. The number of rotatable bonds is 2. The third kappa shape index (κ3) is 2.45. The third-order valence-electron chi connectivity index (χ3n) is 2.49. The third-order valence-corrected chi connectivity index (χ3v) is 3.81. The molecule has 100 valence electrons. The number of phenolic OH excluding ortho intramolecular Hbond substituents is 1. The normalized spacial score (nSPS) is 11.5. The minimum absolute atomic E-state index is 0.127. The first-order chi connectivity index (χ1) is 9.65. The largest absolute Gasteiger partial charge is 0.505 e. The highest BCUT2D eigenvalue weighted by Crippen LogP contribution is 2.37.